The number of pyridine rings is 1. The van der Waals surface area contributed by atoms with Crippen LogP contribution in [0.15, 0.2) is 36.5 Å². The molecule has 3 heterocycles. The lowest BCUT2D eigenvalue weighted by molar-refractivity contribution is 0.0941. The molecule has 9 heteroatoms. The maximum absolute atomic E-state index is 12.6. The van der Waals surface area contributed by atoms with E-state index in [0.29, 0.717) is 34.2 Å². The number of imidazole rings is 1. The van der Waals surface area contributed by atoms with Crippen molar-refractivity contribution in [1.29, 1.82) is 0 Å². The van der Waals surface area contributed by atoms with Crippen molar-refractivity contribution in [3.8, 4) is 5.69 Å². The Morgan fingerprint density at radius 1 is 1.33 bits per heavy atom. The number of fused-ring (bicyclic) bond motifs is 1. The molecule has 140 valence electrons. The number of nitrogens with one attached hydrogen (secondary N) is 1. The third-order valence-corrected chi connectivity index (χ3v) is 6.69. The van der Waals surface area contributed by atoms with Gasteiger partial charge in [0.25, 0.3) is 5.91 Å². The first kappa shape index (κ1) is 17.9. The first-order valence-electron chi connectivity index (χ1n) is 8.45. The minimum absolute atomic E-state index is 0.0195. The van der Waals surface area contributed by atoms with Gasteiger partial charge in [0.05, 0.1) is 22.2 Å². The Morgan fingerprint density at radius 2 is 2.15 bits per heavy atom. The number of carbonyl (C=O) groups excluding carboxylic acids is 1. The van der Waals surface area contributed by atoms with Crippen molar-refractivity contribution in [3.05, 3.63) is 52.9 Å². The molecule has 0 bridgehead atoms. The van der Waals surface area contributed by atoms with E-state index in [1.54, 1.807) is 35.0 Å². The fourth-order valence-electron chi connectivity index (χ4n) is 3.32. The molecule has 1 N–H and O–H groups in total. The van der Waals surface area contributed by atoms with E-state index in [0.717, 1.165) is 5.52 Å². The maximum atomic E-state index is 12.6. The molecule has 1 aromatic carbocycles. The van der Waals surface area contributed by atoms with Crippen LogP contribution in [0.5, 0.6) is 0 Å². The number of rotatable bonds is 3. The summed E-state index contributed by atoms with van der Waals surface area (Å²) in [6.07, 6.45) is 2.11. The van der Waals surface area contributed by atoms with Crippen LogP contribution in [0.3, 0.4) is 0 Å². The molecule has 27 heavy (non-hydrogen) atoms. The van der Waals surface area contributed by atoms with Crippen LogP contribution in [-0.4, -0.2) is 46.4 Å². The molecule has 7 nitrogen and oxygen atoms in total. The second-order valence-corrected chi connectivity index (χ2v) is 9.22. The lowest BCUT2D eigenvalue weighted by atomic mass is 10.1. The SMILES string of the molecule is Cc1nc2cccnc2n1-c1cc(C(=O)N[C@H]2CCS(=O)(=O)C2)ccc1Cl. The van der Waals surface area contributed by atoms with Crippen LogP contribution in [0.1, 0.15) is 22.6 Å². The molecule has 0 aliphatic carbocycles. The lowest BCUT2D eigenvalue weighted by Crippen LogP contribution is -2.35. The smallest absolute Gasteiger partial charge is 0.251 e. The Morgan fingerprint density at radius 3 is 2.89 bits per heavy atom. The Hall–Kier alpha value is -2.45. The van der Waals surface area contributed by atoms with Gasteiger partial charge in [-0.3, -0.25) is 9.36 Å². The molecule has 1 aliphatic rings. The summed E-state index contributed by atoms with van der Waals surface area (Å²) in [5.41, 5.74) is 2.38. The predicted molar refractivity (Wildman–Crippen MR) is 103 cm³/mol. The predicted octanol–water partition coefficient (Wildman–Crippen LogP) is 2.30. The first-order chi connectivity index (χ1) is 12.8. The van der Waals surface area contributed by atoms with E-state index < -0.39 is 9.84 Å². The fourth-order valence-corrected chi connectivity index (χ4v) is 5.19. The molecule has 0 radical (unpaired) electrons. The van der Waals surface area contributed by atoms with Crippen LogP contribution < -0.4 is 5.32 Å². The normalized spacial score (nSPS) is 18.7. The van der Waals surface area contributed by atoms with Crippen molar-refractivity contribution in [2.75, 3.05) is 11.5 Å². The number of sulfone groups is 1. The van der Waals surface area contributed by atoms with Gasteiger partial charge in [-0.05, 0) is 43.7 Å². The van der Waals surface area contributed by atoms with Crippen molar-refractivity contribution in [2.45, 2.75) is 19.4 Å². The van der Waals surface area contributed by atoms with Gasteiger partial charge in [0.15, 0.2) is 15.5 Å². The highest BCUT2D eigenvalue weighted by atomic mass is 35.5. The first-order valence-corrected chi connectivity index (χ1v) is 10.7. The van der Waals surface area contributed by atoms with Crippen LogP contribution in [0.2, 0.25) is 5.02 Å². The number of halogens is 1. The molecule has 0 spiro atoms. The lowest BCUT2D eigenvalue weighted by Gasteiger charge is -2.13. The molecule has 4 rings (SSSR count). The fraction of sp³-hybridized carbons (Fsp3) is 0.278. The van der Waals surface area contributed by atoms with Gasteiger partial charge in [-0.15, -0.1) is 0 Å². The van der Waals surface area contributed by atoms with Crippen LogP contribution in [0.25, 0.3) is 16.9 Å². The standard InChI is InChI=1S/C18H17ClN4O3S/c1-11-21-15-3-2-7-20-17(15)23(11)16-9-12(4-5-14(16)19)18(24)22-13-6-8-27(25,26)10-13/h2-5,7,9,13H,6,8,10H2,1H3,(H,22,24)/t13-/m0/s1. The Bertz CT molecular complexity index is 1160. The highest BCUT2D eigenvalue weighted by Gasteiger charge is 2.29. The van der Waals surface area contributed by atoms with Crippen molar-refractivity contribution in [2.24, 2.45) is 0 Å². The zero-order valence-electron chi connectivity index (χ0n) is 14.5. The maximum Gasteiger partial charge on any atom is 0.251 e. The second-order valence-electron chi connectivity index (χ2n) is 6.58. The van der Waals surface area contributed by atoms with E-state index in [9.17, 15) is 13.2 Å². The van der Waals surface area contributed by atoms with Crippen LogP contribution in [0.4, 0.5) is 0 Å². The molecule has 1 saturated heterocycles. The molecule has 0 saturated carbocycles. The van der Waals surface area contributed by atoms with Crippen LogP contribution >= 0.6 is 11.6 Å². The Labute approximate surface area is 161 Å². The quantitative estimate of drug-likeness (QED) is 0.722. The van der Waals surface area contributed by atoms with Crippen molar-refractivity contribution < 1.29 is 13.2 Å². The number of nitrogens with zero attached hydrogens (tertiary/aromatic N) is 3. The monoisotopic (exact) mass is 404 g/mol. The summed E-state index contributed by atoms with van der Waals surface area (Å²) in [5, 5.41) is 3.25. The molecule has 3 aromatic rings. The molecule has 1 aliphatic heterocycles. The third kappa shape index (κ3) is 3.42. The van der Waals surface area contributed by atoms with Crippen molar-refractivity contribution >= 4 is 38.5 Å². The number of aromatic nitrogens is 3. The van der Waals surface area contributed by atoms with E-state index in [4.69, 9.17) is 11.6 Å². The number of hydrogen-bond donors (Lipinski definition) is 1. The number of amides is 1. The zero-order valence-corrected chi connectivity index (χ0v) is 16.1. The average Bonchev–Trinajstić information content (AvgIpc) is 3.13. The highest BCUT2D eigenvalue weighted by molar-refractivity contribution is 7.91. The largest absolute Gasteiger partial charge is 0.348 e. The van der Waals surface area contributed by atoms with Gasteiger partial charge in [0, 0.05) is 17.8 Å². The van der Waals surface area contributed by atoms with E-state index >= 15 is 0 Å². The van der Waals surface area contributed by atoms with Crippen LogP contribution in [0, 0.1) is 6.92 Å². The van der Waals surface area contributed by atoms with E-state index in [1.807, 2.05) is 13.0 Å². The van der Waals surface area contributed by atoms with Gasteiger partial charge < -0.3 is 5.32 Å². The number of carbonyl (C=O) groups is 1. The summed E-state index contributed by atoms with van der Waals surface area (Å²) in [5.74, 6) is 0.458. The van der Waals surface area contributed by atoms with E-state index in [-0.39, 0.29) is 23.5 Å². The minimum Gasteiger partial charge on any atom is -0.348 e. The van der Waals surface area contributed by atoms with Gasteiger partial charge >= 0.3 is 0 Å². The molecule has 1 atom stereocenters. The van der Waals surface area contributed by atoms with Crippen molar-refractivity contribution in [1.82, 2.24) is 19.9 Å². The molecule has 1 fully saturated rings. The average molecular weight is 405 g/mol. The molecule has 2 aromatic heterocycles. The molecule has 1 amide bonds. The summed E-state index contributed by atoms with van der Waals surface area (Å²) in [7, 11) is -3.06. The van der Waals surface area contributed by atoms with Gasteiger partial charge in [0.1, 0.15) is 11.3 Å². The molecular weight excluding hydrogens is 388 g/mol. The summed E-state index contributed by atoms with van der Waals surface area (Å²) >= 11 is 6.38. The van der Waals surface area contributed by atoms with Crippen molar-refractivity contribution in [3.63, 3.8) is 0 Å². The van der Waals surface area contributed by atoms with Gasteiger partial charge in [-0.25, -0.2) is 18.4 Å². The topological polar surface area (TPSA) is 93.9 Å². The second kappa shape index (κ2) is 6.61. The highest BCUT2D eigenvalue weighted by Crippen LogP contribution is 2.27. The van der Waals surface area contributed by atoms with Gasteiger partial charge in [-0.1, -0.05) is 11.6 Å². The van der Waals surface area contributed by atoms with Gasteiger partial charge in [0.2, 0.25) is 0 Å². The number of aryl methyl sites for hydroxylation is 1. The van der Waals surface area contributed by atoms with E-state index in [1.165, 1.54) is 0 Å². The summed E-state index contributed by atoms with van der Waals surface area (Å²) in [4.78, 5) is 21.5. The number of benzene rings is 1. The minimum atomic E-state index is -3.06. The van der Waals surface area contributed by atoms with Crippen LogP contribution in [-0.2, 0) is 9.84 Å². The number of hydrogen-bond acceptors (Lipinski definition) is 5. The molecule has 0 unspecified atom stereocenters. The summed E-state index contributed by atoms with van der Waals surface area (Å²) in [6.45, 7) is 1.84. The van der Waals surface area contributed by atoms with E-state index in [2.05, 4.69) is 15.3 Å². The Kier molecular flexibility index (Phi) is 4.39. The summed E-state index contributed by atoms with van der Waals surface area (Å²) in [6, 6.07) is 8.23. The molecular formula is C18H17ClN4O3S. The Balaban J connectivity index is 1.69. The zero-order chi connectivity index (χ0) is 19.2. The third-order valence-electron chi connectivity index (χ3n) is 4.60. The van der Waals surface area contributed by atoms with Gasteiger partial charge in [-0.2, -0.15) is 0 Å². The summed E-state index contributed by atoms with van der Waals surface area (Å²) < 4.78 is 25.0.